The van der Waals surface area contributed by atoms with Gasteiger partial charge < -0.3 is 34.7 Å². The Morgan fingerprint density at radius 2 is 1.63 bits per heavy atom. The SMILES string of the molecule is C=C1C[C@H]2C(=O)Cc3cc(OCCCCCOc4cc(N)c(C(=O)O)cc4OC)c(OC)cc3C(=O)N2C1. The topological polar surface area (TPSA) is 138 Å². The number of ether oxygens (including phenoxy) is 4. The Hall–Kier alpha value is -4.21. The molecule has 1 amide bonds. The number of nitrogen functional groups attached to an aromatic ring is 1. The summed E-state index contributed by atoms with van der Waals surface area (Å²) in [5.41, 5.74) is 7.86. The maximum atomic E-state index is 13.1. The maximum Gasteiger partial charge on any atom is 0.337 e. The summed E-state index contributed by atoms with van der Waals surface area (Å²) < 4.78 is 22.4. The highest BCUT2D eigenvalue weighted by molar-refractivity contribution is 6.04. The number of carboxylic acid groups (broad SMARTS) is 1. The number of amides is 1. The first kappa shape index (κ1) is 26.8. The number of aromatic carboxylic acids is 1. The van der Waals surface area contributed by atoms with Crippen molar-refractivity contribution >= 4 is 23.3 Å². The number of hydrogen-bond donors (Lipinski definition) is 2. The number of ketones is 1. The lowest BCUT2D eigenvalue weighted by atomic mass is 9.99. The lowest BCUT2D eigenvalue weighted by molar-refractivity contribution is -0.121. The standard InChI is InChI=1S/C28H32N2O8/c1-16-9-21-22(31)10-17-11-25(23(35-2)12-18(17)27(32)30(21)15-16)37-7-5-4-6-8-38-26-14-20(29)19(28(33)34)13-24(26)36-3/h11-14,21H,1,4-10,15,29H2,2-3H3,(H,33,34)/t21-/m0/s1. The summed E-state index contributed by atoms with van der Waals surface area (Å²) >= 11 is 0. The Labute approximate surface area is 220 Å². The van der Waals surface area contributed by atoms with Crippen LogP contribution < -0.4 is 24.7 Å². The van der Waals surface area contributed by atoms with Gasteiger partial charge in [-0.05, 0) is 43.4 Å². The van der Waals surface area contributed by atoms with Crippen LogP contribution in [0.25, 0.3) is 0 Å². The Bertz CT molecular complexity index is 1270. The number of hydrogen-bond acceptors (Lipinski definition) is 8. The molecule has 0 spiro atoms. The van der Waals surface area contributed by atoms with Crippen molar-refractivity contribution in [3.05, 3.63) is 53.1 Å². The fraction of sp³-hybridized carbons (Fsp3) is 0.393. The summed E-state index contributed by atoms with van der Waals surface area (Å²) in [4.78, 5) is 38.8. The first-order valence-corrected chi connectivity index (χ1v) is 12.4. The second-order valence-electron chi connectivity index (χ2n) is 9.36. The van der Waals surface area contributed by atoms with Gasteiger partial charge in [-0.25, -0.2) is 4.79 Å². The molecule has 38 heavy (non-hydrogen) atoms. The number of anilines is 1. The second kappa shape index (κ2) is 11.5. The predicted molar refractivity (Wildman–Crippen MR) is 139 cm³/mol. The molecule has 202 valence electrons. The average Bonchev–Trinajstić information content (AvgIpc) is 3.25. The first-order chi connectivity index (χ1) is 18.2. The number of fused-ring (bicyclic) bond motifs is 2. The molecule has 2 aromatic carbocycles. The molecule has 10 heteroatoms. The number of nitrogens with zero attached hydrogens (tertiary/aromatic N) is 1. The van der Waals surface area contributed by atoms with Crippen LogP contribution in [0, 0.1) is 0 Å². The summed E-state index contributed by atoms with van der Waals surface area (Å²) in [6.45, 7) is 5.14. The molecule has 0 bridgehead atoms. The van der Waals surface area contributed by atoms with Crippen LogP contribution in [0.5, 0.6) is 23.0 Å². The molecular weight excluding hydrogens is 492 g/mol. The predicted octanol–water partition coefficient (Wildman–Crippen LogP) is 3.51. The average molecular weight is 525 g/mol. The number of methoxy groups -OCH3 is 2. The van der Waals surface area contributed by atoms with Crippen LogP contribution in [0.2, 0.25) is 0 Å². The van der Waals surface area contributed by atoms with Gasteiger partial charge in [-0.1, -0.05) is 12.2 Å². The van der Waals surface area contributed by atoms with Gasteiger partial charge in [0.15, 0.2) is 28.8 Å². The third-order valence-corrected chi connectivity index (χ3v) is 6.74. The lowest BCUT2D eigenvalue weighted by Gasteiger charge is -2.20. The Kier molecular flexibility index (Phi) is 8.09. The summed E-state index contributed by atoms with van der Waals surface area (Å²) in [5.74, 6) is 0.307. The normalized spacial score (nSPS) is 16.5. The van der Waals surface area contributed by atoms with Crippen molar-refractivity contribution in [1.82, 2.24) is 4.90 Å². The van der Waals surface area contributed by atoms with E-state index in [0.717, 1.165) is 24.8 Å². The maximum absolute atomic E-state index is 13.1. The number of benzene rings is 2. The molecule has 0 unspecified atom stereocenters. The van der Waals surface area contributed by atoms with Gasteiger partial charge >= 0.3 is 5.97 Å². The highest BCUT2D eigenvalue weighted by Gasteiger charge is 2.40. The molecule has 0 aliphatic carbocycles. The molecule has 1 fully saturated rings. The molecule has 3 N–H and O–H groups in total. The molecule has 2 aliphatic heterocycles. The zero-order valence-corrected chi connectivity index (χ0v) is 21.6. The lowest BCUT2D eigenvalue weighted by Crippen LogP contribution is -2.38. The number of carbonyl (C=O) groups excluding carboxylic acids is 2. The van der Waals surface area contributed by atoms with E-state index in [1.807, 2.05) is 0 Å². The smallest absolute Gasteiger partial charge is 0.337 e. The van der Waals surface area contributed by atoms with Gasteiger partial charge in [0.2, 0.25) is 0 Å². The minimum absolute atomic E-state index is 0.00264. The zero-order chi connectivity index (χ0) is 27.4. The van der Waals surface area contributed by atoms with Crippen LogP contribution in [0.3, 0.4) is 0 Å². The number of rotatable bonds is 11. The van der Waals surface area contributed by atoms with Crippen LogP contribution in [-0.2, 0) is 11.2 Å². The highest BCUT2D eigenvalue weighted by Crippen LogP contribution is 2.36. The van der Waals surface area contributed by atoms with Gasteiger partial charge in [-0.3, -0.25) is 9.59 Å². The van der Waals surface area contributed by atoms with E-state index in [2.05, 4.69) is 6.58 Å². The molecule has 0 aromatic heterocycles. The minimum atomic E-state index is -1.14. The number of carboxylic acids is 1. The molecule has 1 saturated heterocycles. The van der Waals surface area contributed by atoms with Crippen LogP contribution >= 0.6 is 0 Å². The van der Waals surface area contributed by atoms with Gasteiger partial charge in [0.25, 0.3) is 5.91 Å². The third kappa shape index (κ3) is 5.53. The molecule has 2 aromatic rings. The molecule has 1 atom stereocenters. The monoisotopic (exact) mass is 524 g/mol. The molecule has 2 heterocycles. The number of Topliss-reactive ketones (excluding diaryl/α,β-unsaturated/α-hetero) is 1. The van der Waals surface area contributed by atoms with Crippen molar-refractivity contribution in [3.8, 4) is 23.0 Å². The van der Waals surface area contributed by atoms with E-state index < -0.39 is 12.0 Å². The summed E-state index contributed by atoms with van der Waals surface area (Å²) in [6, 6.07) is 5.74. The van der Waals surface area contributed by atoms with E-state index in [-0.39, 0.29) is 29.4 Å². The fourth-order valence-electron chi connectivity index (χ4n) is 4.76. The van der Waals surface area contributed by atoms with E-state index in [0.29, 0.717) is 60.3 Å². The third-order valence-electron chi connectivity index (χ3n) is 6.74. The van der Waals surface area contributed by atoms with Gasteiger partial charge in [0.05, 0.1) is 44.7 Å². The second-order valence-corrected chi connectivity index (χ2v) is 9.36. The van der Waals surface area contributed by atoms with E-state index in [1.54, 1.807) is 17.0 Å². The minimum Gasteiger partial charge on any atom is -0.493 e. The van der Waals surface area contributed by atoms with Crippen molar-refractivity contribution in [2.24, 2.45) is 0 Å². The van der Waals surface area contributed by atoms with Crippen LogP contribution in [-0.4, -0.2) is 67.7 Å². The van der Waals surface area contributed by atoms with Gasteiger partial charge in [-0.2, -0.15) is 0 Å². The van der Waals surface area contributed by atoms with Crippen LogP contribution in [0.4, 0.5) is 5.69 Å². The van der Waals surface area contributed by atoms with Gasteiger partial charge in [0, 0.05) is 30.7 Å². The zero-order valence-electron chi connectivity index (χ0n) is 21.6. The number of unbranched alkanes of at least 4 members (excludes halogenated alkanes) is 2. The molecule has 0 radical (unpaired) electrons. The van der Waals surface area contributed by atoms with E-state index in [1.165, 1.54) is 26.4 Å². The van der Waals surface area contributed by atoms with Crippen LogP contribution in [0.1, 0.15) is 52.0 Å². The summed E-state index contributed by atoms with van der Waals surface area (Å²) in [6.07, 6.45) is 2.93. The van der Waals surface area contributed by atoms with Crippen molar-refractivity contribution in [2.75, 3.05) is 39.7 Å². The van der Waals surface area contributed by atoms with Crippen molar-refractivity contribution < 1.29 is 38.4 Å². The molecular formula is C28H32N2O8. The number of carbonyl (C=O) groups is 3. The Balaban J connectivity index is 1.31. The summed E-state index contributed by atoms with van der Waals surface area (Å²) in [7, 11) is 2.95. The van der Waals surface area contributed by atoms with Gasteiger partial charge in [0.1, 0.15) is 0 Å². The quantitative estimate of drug-likeness (QED) is 0.257. The fourth-order valence-corrected chi connectivity index (χ4v) is 4.76. The van der Waals surface area contributed by atoms with Crippen molar-refractivity contribution in [2.45, 2.75) is 38.1 Å². The molecule has 4 rings (SSSR count). The van der Waals surface area contributed by atoms with Crippen molar-refractivity contribution in [1.29, 1.82) is 0 Å². The van der Waals surface area contributed by atoms with E-state index in [9.17, 15) is 19.5 Å². The largest absolute Gasteiger partial charge is 0.493 e. The Morgan fingerprint density at radius 1 is 1.00 bits per heavy atom. The highest BCUT2D eigenvalue weighted by atomic mass is 16.5. The van der Waals surface area contributed by atoms with Crippen molar-refractivity contribution in [3.63, 3.8) is 0 Å². The summed E-state index contributed by atoms with van der Waals surface area (Å²) in [5, 5.41) is 9.19. The van der Waals surface area contributed by atoms with Crippen LogP contribution in [0.15, 0.2) is 36.4 Å². The molecule has 2 aliphatic rings. The molecule has 0 saturated carbocycles. The number of nitrogens with two attached hydrogens (primary N) is 1. The van der Waals surface area contributed by atoms with Gasteiger partial charge in [-0.15, -0.1) is 0 Å². The molecule has 10 nitrogen and oxygen atoms in total. The van der Waals surface area contributed by atoms with E-state index in [4.69, 9.17) is 24.7 Å². The first-order valence-electron chi connectivity index (χ1n) is 12.4. The van der Waals surface area contributed by atoms with E-state index >= 15 is 0 Å². The Morgan fingerprint density at radius 3 is 2.26 bits per heavy atom.